The molecule has 136 valence electrons. The van der Waals surface area contributed by atoms with Crippen LogP contribution in [0.3, 0.4) is 0 Å². The first kappa shape index (κ1) is 16.6. The molecule has 0 aliphatic heterocycles. The Morgan fingerprint density at radius 2 is 1.82 bits per heavy atom. The van der Waals surface area contributed by atoms with Gasteiger partial charge in [-0.05, 0) is 58.5 Å². The van der Waals surface area contributed by atoms with E-state index in [-0.39, 0.29) is 0 Å². The summed E-state index contributed by atoms with van der Waals surface area (Å²) < 4.78 is 5.66. The van der Waals surface area contributed by atoms with Gasteiger partial charge in [0.1, 0.15) is 5.58 Å². The fourth-order valence-electron chi connectivity index (χ4n) is 3.98. The van der Waals surface area contributed by atoms with E-state index in [0.717, 1.165) is 28.3 Å². The molecule has 2 heterocycles. The molecular weight excluding hydrogens is 344 g/mol. The summed E-state index contributed by atoms with van der Waals surface area (Å²) in [6.07, 6.45) is 4.56. The molecule has 3 nitrogen and oxygen atoms in total. The highest BCUT2D eigenvalue weighted by atomic mass is 16.3. The number of hydrogen-bond donors (Lipinski definition) is 1. The Morgan fingerprint density at radius 1 is 0.929 bits per heavy atom. The Morgan fingerprint density at radius 3 is 2.68 bits per heavy atom. The Bertz CT molecular complexity index is 1290. The number of H-pyrrole nitrogens is 1. The zero-order chi connectivity index (χ0) is 18.9. The third-order valence-electron chi connectivity index (χ3n) is 5.27. The van der Waals surface area contributed by atoms with Crippen molar-refractivity contribution in [3.63, 3.8) is 0 Å². The van der Waals surface area contributed by atoms with Crippen LogP contribution >= 0.6 is 0 Å². The van der Waals surface area contributed by atoms with Crippen molar-refractivity contribution in [1.82, 2.24) is 10.2 Å². The van der Waals surface area contributed by atoms with E-state index in [1.54, 1.807) is 6.26 Å². The molecule has 0 unspecified atom stereocenters. The third kappa shape index (κ3) is 2.72. The molecular formula is C25H20N2O. The molecule has 0 fully saturated rings. The van der Waals surface area contributed by atoms with Crippen LogP contribution in [0.25, 0.3) is 33.0 Å². The van der Waals surface area contributed by atoms with Crippen molar-refractivity contribution in [2.24, 2.45) is 0 Å². The molecule has 28 heavy (non-hydrogen) atoms. The summed E-state index contributed by atoms with van der Waals surface area (Å²) in [4.78, 5) is 0. The lowest BCUT2D eigenvalue weighted by Gasteiger charge is -2.17. The second-order valence-corrected chi connectivity index (χ2v) is 6.88. The van der Waals surface area contributed by atoms with Crippen molar-refractivity contribution < 1.29 is 4.42 Å². The molecule has 0 aliphatic carbocycles. The zero-order valence-corrected chi connectivity index (χ0v) is 15.6. The van der Waals surface area contributed by atoms with Crippen LogP contribution in [-0.2, 0) is 0 Å². The van der Waals surface area contributed by atoms with E-state index in [1.165, 1.54) is 27.8 Å². The molecule has 3 heteroatoms. The smallest absolute Gasteiger partial charge is 0.134 e. The van der Waals surface area contributed by atoms with E-state index in [2.05, 4.69) is 83.9 Å². The van der Waals surface area contributed by atoms with Crippen LogP contribution in [0.2, 0.25) is 0 Å². The molecule has 0 aliphatic rings. The number of rotatable bonds is 4. The van der Waals surface area contributed by atoms with E-state index >= 15 is 0 Å². The van der Waals surface area contributed by atoms with Gasteiger partial charge in [0.15, 0.2) is 0 Å². The van der Waals surface area contributed by atoms with Crippen molar-refractivity contribution in [2.45, 2.75) is 13.3 Å². The standard InChI is InChI=1S/C25H20N2O/c1-2-20(21-9-6-10-24-22(21)13-14-28-24)25(17-7-4-3-5-8-17)18-11-12-23-19(15-18)16-26-27-23/h3-16H,2H2,1H3,(H,26,27)/b25-20+. The number of aromatic nitrogens is 2. The van der Waals surface area contributed by atoms with E-state index in [1.807, 2.05) is 12.3 Å². The number of fused-ring (bicyclic) bond motifs is 2. The molecule has 3 aromatic carbocycles. The lowest BCUT2D eigenvalue weighted by molar-refractivity contribution is 0.616. The van der Waals surface area contributed by atoms with Crippen LogP contribution in [0.4, 0.5) is 0 Å². The summed E-state index contributed by atoms with van der Waals surface area (Å²) in [5.74, 6) is 0. The van der Waals surface area contributed by atoms with Gasteiger partial charge in [-0.15, -0.1) is 0 Å². The highest BCUT2D eigenvalue weighted by Gasteiger charge is 2.16. The minimum atomic E-state index is 0.915. The molecule has 0 amide bonds. The Kier molecular flexibility index (Phi) is 4.06. The van der Waals surface area contributed by atoms with Gasteiger partial charge >= 0.3 is 0 Å². The van der Waals surface area contributed by atoms with E-state index in [9.17, 15) is 0 Å². The monoisotopic (exact) mass is 364 g/mol. The first-order valence-electron chi connectivity index (χ1n) is 9.54. The first-order chi connectivity index (χ1) is 13.8. The van der Waals surface area contributed by atoms with Crippen LogP contribution in [0.15, 0.2) is 89.7 Å². The molecule has 0 saturated carbocycles. The quantitative estimate of drug-likeness (QED) is 0.361. The van der Waals surface area contributed by atoms with Crippen molar-refractivity contribution in [1.29, 1.82) is 0 Å². The third-order valence-corrected chi connectivity index (χ3v) is 5.27. The number of allylic oxidation sites excluding steroid dienone is 1. The summed E-state index contributed by atoms with van der Waals surface area (Å²) >= 11 is 0. The minimum Gasteiger partial charge on any atom is -0.464 e. The van der Waals surface area contributed by atoms with E-state index in [4.69, 9.17) is 4.42 Å². The van der Waals surface area contributed by atoms with Gasteiger partial charge in [0, 0.05) is 10.8 Å². The molecule has 0 radical (unpaired) electrons. The lowest BCUT2D eigenvalue weighted by atomic mass is 9.87. The number of furan rings is 1. The largest absolute Gasteiger partial charge is 0.464 e. The van der Waals surface area contributed by atoms with Gasteiger partial charge in [-0.1, -0.05) is 55.5 Å². The Hall–Kier alpha value is -3.59. The predicted octanol–water partition coefficient (Wildman–Crippen LogP) is 6.68. The summed E-state index contributed by atoms with van der Waals surface area (Å²) in [6.45, 7) is 2.22. The van der Waals surface area contributed by atoms with Crippen LogP contribution in [0, 0.1) is 0 Å². The van der Waals surface area contributed by atoms with Gasteiger partial charge in [-0.2, -0.15) is 5.10 Å². The molecule has 2 aromatic heterocycles. The maximum absolute atomic E-state index is 5.66. The molecule has 0 atom stereocenters. The fourth-order valence-corrected chi connectivity index (χ4v) is 3.98. The number of benzene rings is 3. The highest BCUT2D eigenvalue weighted by molar-refractivity contribution is 6.05. The molecule has 5 aromatic rings. The van der Waals surface area contributed by atoms with Gasteiger partial charge < -0.3 is 4.42 Å². The van der Waals surface area contributed by atoms with Crippen LogP contribution in [0.1, 0.15) is 30.0 Å². The van der Waals surface area contributed by atoms with Gasteiger partial charge in [0.2, 0.25) is 0 Å². The van der Waals surface area contributed by atoms with E-state index < -0.39 is 0 Å². The van der Waals surface area contributed by atoms with Gasteiger partial charge in [0.25, 0.3) is 0 Å². The number of aromatic amines is 1. The molecule has 1 N–H and O–H groups in total. The Labute approximate surface area is 163 Å². The van der Waals surface area contributed by atoms with Gasteiger partial charge in [-0.3, -0.25) is 5.10 Å². The van der Waals surface area contributed by atoms with Gasteiger partial charge in [0.05, 0.1) is 18.0 Å². The van der Waals surface area contributed by atoms with Crippen molar-refractivity contribution in [3.8, 4) is 0 Å². The minimum absolute atomic E-state index is 0.915. The lowest BCUT2D eigenvalue weighted by Crippen LogP contribution is -1.95. The average molecular weight is 364 g/mol. The fraction of sp³-hybridized carbons (Fsp3) is 0.0800. The van der Waals surface area contributed by atoms with E-state index in [0.29, 0.717) is 0 Å². The summed E-state index contributed by atoms with van der Waals surface area (Å²) in [5, 5.41) is 9.48. The first-order valence-corrected chi connectivity index (χ1v) is 9.54. The maximum atomic E-state index is 5.66. The molecule has 0 spiro atoms. The van der Waals surface area contributed by atoms with Crippen molar-refractivity contribution >= 4 is 33.0 Å². The second kappa shape index (κ2) is 6.86. The zero-order valence-electron chi connectivity index (χ0n) is 15.6. The number of nitrogens with one attached hydrogen (secondary N) is 1. The molecule has 0 bridgehead atoms. The number of nitrogens with zero attached hydrogens (tertiary/aromatic N) is 1. The normalized spacial score (nSPS) is 12.5. The van der Waals surface area contributed by atoms with Crippen molar-refractivity contribution in [2.75, 3.05) is 0 Å². The SMILES string of the molecule is CC/C(=C(/c1ccccc1)c1ccc2[nH]ncc2c1)c1cccc2occc12. The summed E-state index contributed by atoms with van der Waals surface area (Å²) in [5.41, 5.74) is 8.15. The topological polar surface area (TPSA) is 41.8 Å². The predicted molar refractivity (Wildman–Crippen MR) is 115 cm³/mol. The highest BCUT2D eigenvalue weighted by Crippen LogP contribution is 2.38. The van der Waals surface area contributed by atoms with Crippen LogP contribution < -0.4 is 0 Å². The maximum Gasteiger partial charge on any atom is 0.134 e. The molecule has 5 rings (SSSR count). The average Bonchev–Trinajstić information content (AvgIpc) is 3.41. The van der Waals surface area contributed by atoms with Crippen molar-refractivity contribution in [3.05, 3.63) is 102 Å². The van der Waals surface area contributed by atoms with Gasteiger partial charge in [-0.25, -0.2) is 0 Å². The summed E-state index contributed by atoms with van der Waals surface area (Å²) in [7, 11) is 0. The summed E-state index contributed by atoms with van der Waals surface area (Å²) in [6, 6.07) is 25.4. The Balaban J connectivity index is 1.84. The molecule has 0 saturated heterocycles. The van der Waals surface area contributed by atoms with Crippen LogP contribution in [-0.4, -0.2) is 10.2 Å². The number of hydrogen-bond acceptors (Lipinski definition) is 2. The second-order valence-electron chi connectivity index (χ2n) is 6.88. The van der Waals surface area contributed by atoms with Crippen LogP contribution in [0.5, 0.6) is 0 Å².